The van der Waals surface area contributed by atoms with Gasteiger partial charge in [-0.15, -0.1) is 0 Å². The molecule has 0 radical (unpaired) electrons. The van der Waals surface area contributed by atoms with Crippen LogP contribution in [0.5, 0.6) is 11.5 Å². The fourth-order valence-electron chi connectivity index (χ4n) is 2.74. The normalized spacial score (nSPS) is 10.5. The molecule has 0 bridgehead atoms. The lowest BCUT2D eigenvalue weighted by molar-refractivity contribution is 0.0698. The molecule has 0 aliphatic heterocycles. The average Bonchev–Trinajstić information content (AvgIpc) is 2.60. The Bertz CT molecular complexity index is 878. The van der Waals surface area contributed by atoms with Crippen LogP contribution in [0.25, 0.3) is 21.9 Å². The maximum absolute atomic E-state index is 11.6. The van der Waals surface area contributed by atoms with Gasteiger partial charge in [-0.05, 0) is 35.0 Å². The van der Waals surface area contributed by atoms with Crippen molar-refractivity contribution in [1.29, 1.82) is 0 Å². The molecule has 0 aromatic heterocycles. The van der Waals surface area contributed by atoms with Gasteiger partial charge in [0, 0.05) is 11.1 Å². The quantitative estimate of drug-likeness (QED) is 0.784. The zero-order valence-corrected chi connectivity index (χ0v) is 12.9. The topological polar surface area (TPSA) is 55.8 Å². The van der Waals surface area contributed by atoms with Crippen LogP contribution in [0.2, 0.25) is 0 Å². The Kier molecular flexibility index (Phi) is 3.89. The second kappa shape index (κ2) is 6.01. The summed E-state index contributed by atoms with van der Waals surface area (Å²) in [5, 5.41) is 11.4. The summed E-state index contributed by atoms with van der Waals surface area (Å²) in [6, 6.07) is 16.4. The third-order valence-electron chi connectivity index (χ3n) is 3.84. The minimum absolute atomic E-state index is 0.237. The van der Waals surface area contributed by atoms with E-state index in [2.05, 4.69) is 0 Å². The van der Waals surface area contributed by atoms with Gasteiger partial charge in [-0.1, -0.05) is 30.3 Å². The van der Waals surface area contributed by atoms with E-state index in [4.69, 9.17) is 9.47 Å². The molecule has 0 atom stereocenters. The number of ether oxygens (including phenoxy) is 2. The van der Waals surface area contributed by atoms with E-state index in [-0.39, 0.29) is 5.56 Å². The molecule has 4 nitrogen and oxygen atoms in total. The van der Waals surface area contributed by atoms with Crippen LogP contribution >= 0.6 is 0 Å². The molecule has 0 saturated heterocycles. The maximum atomic E-state index is 11.6. The molecule has 0 heterocycles. The van der Waals surface area contributed by atoms with Gasteiger partial charge in [0.05, 0.1) is 19.8 Å². The number of benzene rings is 3. The van der Waals surface area contributed by atoms with Crippen molar-refractivity contribution < 1.29 is 19.4 Å². The second-order valence-corrected chi connectivity index (χ2v) is 5.08. The number of hydrogen-bond acceptors (Lipinski definition) is 3. The molecular formula is C19H16O4. The third-order valence-corrected chi connectivity index (χ3v) is 3.84. The van der Waals surface area contributed by atoms with Crippen LogP contribution in [0, 0.1) is 0 Å². The molecular weight excluding hydrogens is 292 g/mol. The van der Waals surface area contributed by atoms with Gasteiger partial charge in [0.25, 0.3) is 0 Å². The predicted octanol–water partition coefficient (Wildman–Crippen LogP) is 4.22. The minimum atomic E-state index is -0.970. The number of carbonyl (C=O) groups is 1. The number of methoxy groups -OCH3 is 2. The van der Waals surface area contributed by atoms with Crippen molar-refractivity contribution in [2.24, 2.45) is 0 Å². The number of carboxylic acids is 1. The Labute approximate surface area is 133 Å². The van der Waals surface area contributed by atoms with Gasteiger partial charge in [-0.25, -0.2) is 4.79 Å². The van der Waals surface area contributed by atoms with Crippen LogP contribution in [0.3, 0.4) is 0 Å². The van der Waals surface area contributed by atoms with E-state index in [0.29, 0.717) is 17.1 Å². The monoisotopic (exact) mass is 308 g/mol. The number of aromatic carboxylic acids is 1. The fraction of sp³-hybridized carbons (Fsp3) is 0.105. The average molecular weight is 308 g/mol. The smallest absolute Gasteiger partial charge is 0.336 e. The van der Waals surface area contributed by atoms with E-state index < -0.39 is 5.97 Å². The Morgan fingerprint density at radius 1 is 0.957 bits per heavy atom. The van der Waals surface area contributed by atoms with Crippen molar-refractivity contribution in [3.05, 3.63) is 60.2 Å². The summed E-state index contributed by atoms with van der Waals surface area (Å²) in [5.41, 5.74) is 1.61. The number of rotatable bonds is 4. The fourth-order valence-corrected chi connectivity index (χ4v) is 2.74. The number of carboxylic acid groups (broad SMARTS) is 1. The van der Waals surface area contributed by atoms with Crippen molar-refractivity contribution in [2.75, 3.05) is 14.2 Å². The van der Waals surface area contributed by atoms with E-state index in [1.807, 2.05) is 36.4 Å². The highest BCUT2D eigenvalue weighted by Gasteiger charge is 2.17. The highest BCUT2D eigenvalue weighted by Crippen LogP contribution is 2.39. The van der Waals surface area contributed by atoms with E-state index in [9.17, 15) is 9.90 Å². The van der Waals surface area contributed by atoms with E-state index in [1.54, 1.807) is 32.4 Å². The van der Waals surface area contributed by atoms with Gasteiger partial charge < -0.3 is 14.6 Å². The van der Waals surface area contributed by atoms with Gasteiger partial charge in [0.1, 0.15) is 11.5 Å². The Hall–Kier alpha value is -3.01. The summed E-state index contributed by atoms with van der Waals surface area (Å²) >= 11 is 0. The number of fused-ring (bicyclic) bond motifs is 1. The second-order valence-electron chi connectivity index (χ2n) is 5.08. The van der Waals surface area contributed by atoms with Crippen LogP contribution in [-0.4, -0.2) is 25.3 Å². The van der Waals surface area contributed by atoms with Crippen molar-refractivity contribution in [1.82, 2.24) is 0 Å². The summed E-state index contributed by atoms with van der Waals surface area (Å²) < 4.78 is 10.8. The first-order valence-electron chi connectivity index (χ1n) is 7.13. The van der Waals surface area contributed by atoms with Gasteiger partial charge >= 0.3 is 5.97 Å². The molecule has 1 N–H and O–H groups in total. The maximum Gasteiger partial charge on any atom is 0.336 e. The van der Waals surface area contributed by atoms with Crippen molar-refractivity contribution in [2.45, 2.75) is 0 Å². The molecule has 0 spiro atoms. The number of hydrogen-bond donors (Lipinski definition) is 1. The Morgan fingerprint density at radius 3 is 2.39 bits per heavy atom. The summed E-state index contributed by atoms with van der Waals surface area (Å²) in [5.74, 6) is 0.363. The van der Waals surface area contributed by atoms with Crippen LogP contribution in [0.4, 0.5) is 0 Å². The summed E-state index contributed by atoms with van der Waals surface area (Å²) in [6.45, 7) is 0. The lowest BCUT2D eigenvalue weighted by atomic mass is 9.93. The molecule has 4 heteroatoms. The molecule has 3 aromatic carbocycles. The Balaban J connectivity index is 2.41. The summed E-state index contributed by atoms with van der Waals surface area (Å²) in [4.78, 5) is 11.6. The Morgan fingerprint density at radius 2 is 1.70 bits per heavy atom. The third kappa shape index (κ3) is 2.59. The van der Waals surface area contributed by atoms with E-state index >= 15 is 0 Å². The first kappa shape index (κ1) is 14.9. The molecule has 0 saturated carbocycles. The zero-order valence-electron chi connectivity index (χ0n) is 12.9. The SMILES string of the molecule is COc1ccc2ccc(OC)c(-c3ccccc3C(=O)O)c2c1. The highest BCUT2D eigenvalue weighted by atomic mass is 16.5. The molecule has 0 amide bonds. The largest absolute Gasteiger partial charge is 0.497 e. The summed E-state index contributed by atoms with van der Waals surface area (Å²) in [6.07, 6.45) is 0. The standard InChI is InChI=1S/C19H16O4/c1-22-13-9-7-12-8-10-17(23-2)18(16(12)11-13)14-5-3-4-6-15(14)19(20)21/h3-11H,1-2H3,(H,20,21). The van der Waals surface area contributed by atoms with Gasteiger partial charge in [-0.2, -0.15) is 0 Å². The van der Waals surface area contributed by atoms with Crippen LogP contribution in [0.1, 0.15) is 10.4 Å². The minimum Gasteiger partial charge on any atom is -0.497 e. The molecule has 116 valence electrons. The molecule has 0 aliphatic rings. The van der Waals surface area contributed by atoms with E-state index in [0.717, 1.165) is 16.3 Å². The van der Waals surface area contributed by atoms with Crippen molar-refractivity contribution in [3.8, 4) is 22.6 Å². The molecule has 0 unspecified atom stereocenters. The summed E-state index contributed by atoms with van der Waals surface area (Å²) in [7, 11) is 3.18. The van der Waals surface area contributed by atoms with Crippen molar-refractivity contribution >= 4 is 16.7 Å². The molecule has 3 rings (SSSR count). The first-order chi connectivity index (χ1) is 11.2. The molecule has 0 aliphatic carbocycles. The van der Waals surface area contributed by atoms with Crippen LogP contribution in [-0.2, 0) is 0 Å². The lowest BCUT2D eigenvalue weighted by Crippen LogP contribution is -2.00. The van der Waals surface area contributed by atoms with Gasteiger partial charge in [0.15, 0.2) is 0 Å². The van der Waals surface area contributed by atoms with E-state index in [1.165, 1.54) is 0 Å². The van der Waals surface area contributed by atoms with Gasteiger partial charge in [0.2, 0.25) is 0 Å². The zero-order chi connectivity index (χ0) is 16.4. The first-order valence-corrected chi connectivity index (χ1v) is 7.13. The van der Waals surface area contributed by atoms with Crippen molar-refractivity contribution in [3.63, 3.8) is 0 Å². The van der Waals surface area contributed by atoms with Gasteiger partial charge in [-0.3, -0.25) is 0 Å². The highest BCUT2D eigenvalue weighted by molar-refractivity contribution is 6.06. The molecule has 23 heavy (non-hydrogen) atoms. The lowest BCUT2D eigenvalue weighted by Gasteiger charge is -2.15. The van der Waals surface area contributed by atoms with Crippen LogP contribution < -0.4 is 9.47 Å². The predicted molar refractivity (Wildman–Crippen MR) is 89.4 cm³/mol. The van der Waals surface area contributed by atoms with Crippen LogP contribution in [0.15, 0.2) is 54.6 Å². The molecule has 0 fully saturated rings. The molecule has 3 aromatic rings.